The molecule has 0 heterocycles. The standard InChI is InChI=1S/C11H11NO5/c1-2-8(11(14)15)5-7-3-4-10(13)9(6-7)12(16)17/h2-4,6,8,13H,1,5H2,(H,14,15)/t8-/m0/s1. The summed E-state index contributed by atoms with van der Waals surface area (Å²) in [4.78, 5) is 20.6. The predicted molar refractivity (Wildman–Crippen MR) is 59.8 cm³/mol. The molecule has 0 spiro atoms. The van der Waals surface area contributed by atoms with E-state index in [4.69, 9.17) is 5.11 Å². The summed E-state index contributed by atoms with van der Waals surface area (Å²) in [6.45, 7) is 3.39. The molecule has 17 heavy (non-hydrogen) atoms. The monoisotopic (exact) mass is 237 g/mol. The maximum atomic E-state index is 10.8. The van der Waals surface area contributed by atoms with E-state index in [1.165, 1.54) is 18.2 Å². The first-order valence-corrected chi connectivity index (χ1v) is 4.77. The zero-order valence-corrected chi connectivity index (χ0v) is 8.87. The van der Waals surface area contributed by atoms with Crippen molar-refractivity contribution in [1.29, 1.82) is 0 Å². The number of carboxylic acids is 1. The van der Waals surface area contributed by atoms with Crippen LogP contribution in [0.15, 0.2) is 30.9 Å². The van der Waals surface area contributed by atoms with E-state index in [9.17, 15) is 20.0 Å². The lowest BCUT2D eigenvalue weighted by atomic mass is 9.99. The molecular formula is C11H11NO5. The number of carbonyl (C=O) groups is 1. The molecule has 0 aliphatic rings. The minimum Gasteiger partial charge on any atom is -0.502 e. The molecule has 2 N–H and O–H groups in total. The number of aliphatic carboxylic acids is 1. The first kappa shape index (κ1) is 12.7. The highest BCUT2D eigenvalue weighted by Gasteiger charge is 2.18. The molecule has 0 aliphatic carbocycles. The van der Waals surface area contributed by atoms with Gasteiger partial charge in [-0.2, -0.15) is 0 Å². The van der Waals surface area contributed by atoms with Gasteiger partial charge in [0.05, 0.1) is 10.8 Å². The number of hydrogen-bond donors (Lipinski definition) is 2. The topological polar surface area (TPSA) is 101 Å². The summed E-state index contributed by atoms with van der Waals surface area (Å²) < 4.78 is 0. The van der Waals surface area contributed by atoms with E-state index in [0.29, 0.717) is 5.56 Å². The second-order valence-electron chi connectivity index (χ2n) is 3.46. The minimum atomic E-state index is -1.05. The Labute approximate surface area is 97.0 Å². The van der Waals surface area contributed by atoms with Crippen LogP contribution in [0.25, 0.3) is 0 Å². The fraction of sp³-hybridized carbons (Fsp3) is 0.182. The van der Waals surface area contributed by atoms with Gasteiger partial charge in [0.25, 0.3) is 0 Å². The molecule has 0 radical (unpaired) electrons. The van der Waals surface area contributed by atoms with Gasteiger partial charge in [-0.25, -0.2) is 0 Å². The summed E-state index contributed by atoms with van der Waals surface area (Å²) >= 11 is 0. The van der Waals surface area contributed by atoms with Crippen LogP contribution in [0, 0.1) is 16.0 Å². The van der Waals surface area contributed by atoms with Crippen LogP contribution in [-0.2, 0) is 11.2 Å². The quantitative estimate of drug-likeness (QED) is 0.461. The Kier molecular flexibility index (Phi) is 3.82. The second kappa shape index (κ2) is 5.11. The fourth-order valence-electron chi connectivity index (χ4n) is 1.37. The van der Waals surface area contributed by atoms with Crippen LogP contribution in [0.2, 0.25) is 0 Å². The van der Waals surface area contributed by atoms with Crippen molar-refractivity contribution in [1.82, 2.24) is 0 Å². The molecule has 0 aromatic heterocycles. The Morgan fingerprint density at radius 3 is 2.71 bits per heavy atom. The summed E-state index contributed by atoms with van der Waals surface area (Å²) in [5.74, 6) is -2.29. The Morgan fingerprint density at radius 1 is 1.59 bits per heavy atom. The van der Waals surface area contributed by atoms with Crippen molar-refractivity contribution in [2.45, 2.75) is 6.42 Å². The smallest absolute Gasteiger partial charge is 0.310 e. The normalized spacial score (nSPS) is 11.8. The number of hydrogen-bond acceptors (Lipinski definition) is 4. The molecule has 0 saturated carbocycles. The number of nitro groups is 1. The van der Waals surface area contributed by atoms with E-state index >= 15 is 0 Å². The van der Waals surface area contributed by atoms with Gasteiger partial charge in [0.2, 0.25) is 0 Å². The Bertz CT molecular complexity index is 469. The highest BCUT2D eigenvalue weighted by molar-refractivity contribution is 5.72. The molecule has 6 heteroatoms. The van der Waals surface area contributed by atoms with Gasteiger partial charge in [0.1, 0.15) is 0 Å². The number of rotatable bonds is 5. The van der Waals surface area contributed by atoms with Crippen molar-refractivity contribution in [2.24, 2.45) is 5.92 Å². The van der Waals surface area contributed by atoms with Crippen molar-refractivity contribution in [3.8, 4) is 5.75 Å². The predicted octanol–water partition coefficient (Wildman–Crippen LogP) is 1.73. The number of carboxylic acid groups (broad SMARTS) is 1. The van der Waals surface area contributed by atoms with E-state index in [-0.39, 0.29) is 6.42 Å². The van der Waals surface area contributed by atoms with Crippen LogP contribution in [0.5, 0.6) is 5.75 Å². The molecular weight excluding hydrogens is 226 g/mol. The third-order valence-electron chi connectivity index (χ3n) is 2.29. The molecule has 0 aliphatic heterocycles. The molecule has 6 nitrogen and oxygen atoms in total. The molecule has 1 atom stereocenters. The zero-order valence-electron chi connectivity index (χ0n) is 8.87. The van der Waals surface area contributed by atoms with Gasteiger partial charge in [0, 0.05) is 6.07 Å². The molecule has 1 aromatic carbocycles. The number of benzene rings is 1. The van der Waals surface area contributed by atoms with Gasteiger partial charge in [-0.05, 0) is 18.1 Å². The van der Waals surface area contributed by atoms with Gasteiger partial charge in [0.15, 0.2) is 5.75 Å². The molecule has 1 rings (SSSR count). The van der Waals surface area contributed by atoms with Gasteiger partial charge >= 0.3 is 11.7 Å². The van der Waals surface area contributed by atoms with Crippen LogP contribution < -0.4 is 0 Å². The lowest BCUT2D eigenvalue weighted by Gasteiger charge is -2.07. The van der Waals surface area contributed by atoms with Crippen molar-refractivity contribution < 1.29 is 19.9 Å². The van der Waals surface area contributed by atoms with Crippen molar-refractivity contribution >= 4 is 11.7 Å². The molecule has 90 valence electrons. The number of phenolic OH excluding ortho intramolecular Hbond substituents is 1. The van der Waals surface area contributed by atoms with Crippen molar-refractivity contribution in [2.75, 3.05) is 0 Å². The van der Waals surface area contributed by atoms with Gasteiger partial charge in [-0.1, -0.05) is 12.1 Å². The van der Waals surface area contributed by atoms with Crippen molar-refractivity contribution in [3.05, 3.63) is 46.5 Å². The Hall–Kier alpha value is -2.37. The first-order valence-electron chi connectivity index (χ1n) is 4.77. The zero-order chi connectivity index (χ0) is 13.0. The summed E-state index contributed by atoms with van der Waals surface area (Å²) in [7, 11) is 0. The SMILES string of the molecule is C=C[C@@H](Cc1ccc(O)c([N+](=O)[O-])c1)C(=O)O. The van der Waals surface area contributed by atoms with Crippen LogP contribution in [-0.4, -0.2) is 21.1 Å². The fourth-order valence-corrected chi connectivity index (χ4v) is 1.37. The number of nitrogens with zero attached hydrogens (tertiary/aromatic N) is 1. The lowest BCUT2D eigenvalue weighted by Crippen LogP contribution is -2.13. The molecule has 0 unspecified atom stereocenters. The van der Waals surface area contributed by atoms with E-state index in [0.717, 1.165) is 6.07 Å². The minimum absolute atomic E-state index is 0.0972. The highest BCUT2D eigenvalue weighted by Crippen LogP contribution is 2.27. The molecule has 0 fully saturated rings. The number of phenols is 1. The summed E-state index contributed by atoms with van der Waals surface area (Å²) in [5.41, 5.74) is 0.0255. The van der Waals surface area contributed by atoms with Gasteiger partial charge < -0.3 is 10.2 Å². The van der Waals surface area contributed by atoms with Gasteiger partial charge in [-0.15, -0.1) is 6.58 Å². The number of nitro benzene ring substituents is 1. The highest BCUT2D eigenvalue weighted by atomic mass is 16.6. The number of aromatic hydroxyl groups is 1. The maximum absolute atomic E-state index is 10.8. The average Bonchev–Trinajstić information content (AvgIpc) is 2.27. The molecule has 0 bridgehead atoms. The van der Waals surface area contributed by atoms with Crippen LogP contribution in [0.3, 0.4) is 0 Å². The van der Waals surface area contributed by atoms with Crippen molar-refractivity contribution in [3.63, 3.8) is 0 Å². The van der Waals surface area contributed by atoms with E-state index < -0.39 is 28.2 Å². The van der Waals surface area contributed by atoms with E-state index in [1.807, 2.05) is 0 Å². The lowest BCUT2D eigenvalue weighted by molar-refractivity contribution is -0.385. The summed E-state index contributed by atoms with van der Waals surface area (Å²) in [6.07, 6.45) is 1.36. The average molecular weight is 237 g/mol. The van der Waals surface area contributed by atoms with Gasteiger partial charge in [-0.3, -0.25) is 14.9 Å². The van der Waals surface area contributed by atoms with Crippen LogP contribution in [0.4, 0.5) is 5.69 Å². The molecule has 0 saturated heterocycles. The summed E-state index contributed by atoms with van der Waals surface area (Å²) in [6, 6.07) is 3.78. The van der Waals surface area contributed by atoms with E-state index in [1.54, 1.807) is 0 Å². The largest absolute Gasteiger partial charge is 0.502 e. The Balaban J connectivity index is 3.00. The van der Waals surface area contributed by atoms with Crippen LogP contribution >= 0.6 is 0 Å². The summed E-state index contributed by atoms with van der Waals surface area (Å²) in [5, 5.41) is 28.6. The second-order valence-corrected chi connectivity index (χ2v) is 3.46. The van der Waals surface area contributed by atoms with Crippen LogP contribution in [0.1, 0.15) is 5.56 Å². The molecule has 1 aromatic rings. The van der Waals surface area contributed by atoms with E-state index in [2.05, 4.69) is 6.58 Å². The Morgan fingerprint density at radius 2 is 2.24 bits per heavy atom. The maximum Gasteiger partial charge on any atom is 0.310 e. The third kappa shape index (κ3) is 3.04. The third-order valence-corrected chi connectivity index (χ3v) is 2.29. The molecule has 0 amide bonds. The first-order chi connectivity index (χ1) is 7.95.